The highest BCUT2D eigenvalue weighted by Gasteiger charge is 2.14. The molecule has 0 aliphatic heterocycles. The lowest BCUT2D eigenvalue weighted by Gasteiger charge is -2.20. The van der Waals surface area contributed by atoms with E-state index >= 15 is 0 Å². The van der Waals surface area contributed by atoms with Crippen molar-refractivity contribution in [2.75, 3.05) is 19.8 Å². The fourth-order valence-electron chi connectivity index (χ4n) is 3.12. The molecular weight excluding hydrogens is 382 g/mol. The summed E-state index contributed by atoms with van der Waals surface area (Å²) in [6.07, 6.45) is -0.0724. The van der Waals surface area contributed by atoms with Crippen molar-refractivity contribution in [2.45, 2.75) is 26.0 Å². The minimum atomic E-state index is -0.0724. The summed E-state index contributed by atoms with van der Waals surface area (Å²) >= 11 is 6.19. The second kappa shape index (κ2) is 11.0. The molecule has 3 rings (SSSR count). The van der Waals surface area contributed by atoms with Gasteiger partial charge in [-0.05, 0) is 42.7 Å². The third-order valence-electron chi connectivity index (χ3n) is 4.66. The third-order valence-corrected chi connectivity index (χ3v) is 4.97. The van der Waals surface area contributed by atoms with E-state index in [0.717, 1.165) is 29.0 Å². The molecule has 1 atom stereocenters. The smallest absolute Gasteiger partial charge is 0.138 e. The first kappa shape index (κ1) is 21.4. The average molecular weight is 410 g/mol. The second-order valence-electron chi connectivity index (χ2n) is 7.17. The van der Waals surface area contributed by atoms with Gasteiger partial charge < -0.3 is 14.8 Å². The Hall–Kier alpha value is -2.33. The molecule has 3 aromatic carbocycles. The second-order valence-corrected chi connectivity index (χ2v) is 7.58. The standard InChI is InChI=1S/C25H28ClNO2/c1-19-13-14-23(26)24(17-19)29-18-20(2)27-15-16-28-25(21-9-5-3-6-10-21)22-11-7-4-8-12-22/h3-14,17,20,25,27H,15-16,18H2,1-2H3. The molecule has 0 bridgehead atoms. The van der Waals surface area contributed by atoms with Crippen molar-refractivity contribution < 1.29 is 9.47 Å². The van der Waals surface area contributed by atoms with E-state index in [9.17, 15) is 0 Å². The summed E-state index contributed by atoms with van der Waals surface area (Å²) in [6.45, 7) is 6.00. The van der Waals surface area contributed by atoms with Crippen LogP contribution in [-0.4, -0.2) is 25.8 Å². The highest BCUT2D eigenvalue weighted by atomic mass is 35.5. The van der Waals surface area contributed by atoms with Gasteiger partial charge in [-0.15, -0.1) is 0 Å². The van der Waals surface area contributed by atoms with Gasteiger partial charge in [-0.1, -0.05) is 78.3 Å². The van der Waals surface area contributed by atoms with Gasteiger partial charge in [0, 0.05) is 12.6 Å². The summed E-state index contributed by atoms with van der Waals surface area (Å²) in [5, 5.41) is 4.09. The van der Waals surface area contributed by atoms with E-state index in [1.54, 1.807) is 0 Å². The zero-order chi connectivity index (χ0) is 20.5. The van der Waals surface area contributed by atoms with Gasteiger partial charge in [-0.3, -0.25) is 0 Å². The summed E-state index contributed by atoms with van der Waals surface area (Å²) < 4.78 is 12.1. The van der Waals surface area contributed by atoms with Crippen LogP contribution in [0.3, 0.4) is 0 Å². The number of rotatable bonds is 10. The van der Waals surface area contributed by atoms with Crippen LogP contribution in [0.15, 0.2) is 78.9 Å². The minimum absolute atomic E-state index is 0.0724. The van der Waals surface area contributed by atoms with Gasteiger partial charge in [0.2, 0.25) is 0 Å². The molecule has 0 aliphatic rings. The number of hydrogen-bond donors (Lipinski definition) is 1. The zero-order valence-corrected chi connectivity index (χ0v) is 17.7. The van der Waals surface area contributed by atoms with Gasteiger partial charge in [-0.25, -0.2) is 0 Å². The van der Waals surface area contributed by atoms with E-state index < -0.39 is 0 Å². The molecule has 0 fully saturated rings. The third kappa shape index (κ3) is 6.60. The molecule has 0 aliphatic carbocycles. The average Bonchev–Trinajstić information content (AvgIpc) is 2.75. The van der Waals surface area contributed by atoms with Crippen LogP contribution < -0.4 is 10.1 Å². The van der Waals surface area contributed by atoms with E-state index in [-0.39, 0.29) is 12.1 Å². The van der Waals surface area contributed by atoms with Crippen molar-refractivity contribution in [2.24, 2.45) is 0 Å². The van der Waals surface area contributed by atoms with Crippen molar-refractivity contribution in [3.05, 3.63) is 101 Å². The van der Waals surface area contributed by atoms with E-state index in [1.807, 2.05) is 61.5 Å². The number of halogens is 1. The number of aryl methyl sites for hydroxylation is 1. The fraction of sp³-hybridized carbons (Fsp3) is 0.280. The number of ether oxygens (including phenoxy) is 2. The van der Waals surface area contributed by atoms with Crippen LogP contribution in [0.4, 0.5) is 0 Å². The molecule has 0 amide bonds. The van der Waals surface area contributed by atoms with E-state index in [2.05, 4.69) is 36.5 Å². The molecule has 0 aromatic heterocycles. The molecular formula is C25H28ClNO2. The molecule has 1 unspecified atom stereocenters. The van der Waals surface area contributed by atoms with E-state index in [4.69, 9.17) is 21.1 Å². The number of hydrogen-bond acceptors (Lipinski definition) is 3. The van der Waals surface area contributed by atoms with Gasteiger partial charge >= 0.3 is 0 Å². The van der Waals surface area contributed by atoms with Crippen LogP contribution in [0.5, 0.6) is 5.75 Å². The molecule has 0 saturated heterocycles. The van der Waals surface area contributed by atoms with Crippen molar-refractivity contribution in [1.29, 1.82) is 0 Å². The van der Waals surface area contributed by atoms with Gasteiger partial charge in [0.25, 0.3) is 0 Å². The summed E-state index contributed by atoms with van der Waals surface area (Å²) in [4.78, 5) is 0. The molecule has 1 N–H and O–H groups in total. The maximum absolute atomic E-state index is 6.24. The lowest BCUT2D eigenvalue weighted by Crippen LogP contribution is -2.34. The van der Waals surface area contributed by atoms with Crippen LogP contribution >= 0.6 is 11.6 Å². The topological polar surface area (TPSA) is 30.5 Å². The Kier molecular flexibility index (Phi) is 8.12. The minimum Gasteiger partial charge on any atom is -0.490 e. The van der Waals surface area contributed by atoms with Crippen LogP contribution in [0, 0.1) is 6.92 Å². The Bertz CT molecular complexity index is 831. The SMILES string of the molecule is Cc1ccc(Cl)c(OCC(C)NCCOC(c2ccccc2)c2ccccc2)c1. The van der Waals surface area contributed by atoms with Gasteiger partial charge in [0.15, 0.2) is 0 Å². The maximum Gasteiger partial charge on any atom is 0.138 e. The molecule has 3 nitrogen and oxygen atoms in total. The van der Waals surface area contributed by atoms with E-state index in [0.29, 0.717) is 18.2 Å². The molecule has 0 heterocycles. The molecule has 0 spiro atoms. The highest BCUT2D eigenvalue weighted by molar-refractivity contribution is 6.32. The van der Waals surface area contributed by atoms with Crippen molar-refractivity contribution in [3.8, 4) is 5.75 Å². The molecule has 4 heteroatoms. The Morgan fingerprint density at radius 2 is 1.52 bits per heavy atom. The summed E-state index contributed by atoms with van der Waals surface area (Å²) in [5.41, 5.74) is 3.44. The Balaban J connectivity index is 1.48. The summed E-state index contributed by atoms with van der Waals surface area (Å²) in [5.74, 6) is 0.727. The Labute approximate surface area is 178 Å². The predicted octanol–water partition coefficient (Wildman–Crippen LogP) is 5.81. The van der Waals surface area contributed by atoms with Crippen LogP contribution in [0.2, 0.25) is 5.02 Å². The fourth-order valence-corrected chi connectivity index (χ4v) is 3.29. The van der Waals surface area contributed by atoms with Gasteiger partial charge in [0.1, 0.15) is 18.5 Å². The lowest BCUT2D eigenvalue weighted by atomic mass is 10.0. The summed E-state index contributed by atoms with van der Waals surface area (Å²) in [7, 11) is 0. The lowest BCUT2D eigenvalue weighted by molar-refractivity contribution is 0.0797. The highest BCUT2D eigenvalue weighted by Crippen LogP contribution is 2.26. The Morgan fingerprint density at radius 1 is 0.897 bits per heavy atom. The van der Waals surface area contributed by atoms with Crippen molar-refractivity contribution in [3.63, 3.8) is 0 Å². The summed E-state index contributed by atoms with van der Waals surface area (Å²) in [6, 6.07) is 26.6. The number of benzene rings is 3. The molecule has 29 heavy (non-hydrogen) atoms. The Morgan fingerprint density at radius 3 is 2.14 bits per heavy atom. The van der Waals surface area contributed by atoms with Crippen molar-refractivity contribution in [1.82, 2.24) is 5.32 Å². The van der Waals surface area contributed by atoms with Gasteiger partial charge in [-0.2, -0.15) is 0 Å². The molecule has 152 valence electrons. The van der Waals surface area contributed by atoms with Gasteiger partial charge in [0.05, 0.1) is 11.6 Å². The zero-order valence-electron chi connectivity index (χ0n) is 17.0. The molecule has 0 radical (unpaired) electrons. The van der Waals surface area contributed by atoms with Crippen LogP contribution in [0.25, 0.3) is 0 Å². The van der Waals surface area contributed by atoms with E-state index in [1.165, 1.54) is 0 Å². The van der Waals surface area contributed by atoms with Crippen LogP contribution in [0.1, 0.15) is 29.7 Å². The largest absolute Gasteiger partial charge is 0.490 e. The monoisotopic (exact) mass is 409 g/mol. The first-order chi connectivity index (χ1) is 14.1. The normalized spacial score (nSPS) is 12.1. The first-order valence-corrected chi connectivity index (χ1v) is 10.3. The first-order valence-electron chi connectivity index (χ1n) is 9.97. The molecule has 0 saturated carbocycles. The maximum atomic E-state index is 6.24. The quantitative estimate of drug-likeness (QED) is 0.428. The molecule has 3 aromatic rings. The predicted molar refractivity (Wildman–Crippen MR) is 120 cm³/mol. The van der Waals surface area contributed by atoms with Crippen LogP contribution in [-0.2, 0) is 4.74 Å². The van der Waals surface area contributed by atoms with Crippen molar-refractivity contribution >= 4 is 11.6 Å². The number of nitrogens with one attached hydrogen (secondary N) is 1.